The lowest BCUT2D eigenvalue weighted by atomic mass is 10.1. The summed E-state index contributed by atoms with van der Waals surface area (Å²) in [5.74, 6) is 0.0599. The normalized spacial score (nSPS) is 12.2. The first kappa shape index (κ1) is 14.8. The van der Waals surface area contributed by atoms with Crippen molar-refractivity contribution in [2.75, 3.05) is 18.9 Å². The van der Waals surface area contributed by atoms with Crippen molar-refractivity contribution < 1.29 is 9.69 Å². The van der Waals surface area contributed by atoms with Gasteiger partial charge in [-0.2, -0.15) is 11.3 Å². The van der Waals surface area contributed by atoms with Crippen LogP contribution in [0.15, 0.2) is 35.0 Å². The van der Waals surface area contributed by atoms with Crippen LogP contribution in [0.1, 0.15) is 16.7 Å². The maximum Gasteiger partial charge on any atom is 0.279 e. The number of hydrogen-bond acceptors (Lipinski definition) is 2. The van der Waals surface area contributed by atoms with Crippen molar-refractivity contribution in [2.45, 2.75) is 20.4 Å². The number of benzene rings is 1. The van der Waals surface area contributed by atoms with Crippen molar-refractivity contribution in [2.24, 2.45) is 0 Å². The maximum atomic E-state index is 12.1. The fourth-order valence-corrected chi connectivity index (χ4v) is 2.90. The lowest BCUT2D eigenvalue weighted by Gasteiger charge is -2.14. The fourth-order valence-electron chi connectivity index (χ4n) is 2.23. The van der Waals surface area contributed by atoms with Crippen LogP contribution in [0.4, 0.5) is 5.69 Å². The van der Waals surface area contributed by atoms with Gasteiger partial charge < -0.3 is 10.2 Å². The van der Waals surface area contributed by atoms with Crippen LogP contribution in [-0.2, 0) is 11.3 Å². The molecule has 0 radical (unpaired) electrons. The van der Waals surface area contributed by atoms with Gasteiger partial charge in [0.25, 0.3) is 5.91 Å². The first-order valence-corrected chi connectivity index (χ1v) is 7.68. The molecule has 0 spiro atoms. The number of carbonyl (C=O) groups excluding carboxylic acids is 1. The number of thiophene rings is 1. The highest BCUT2D eigenvalue weighted by atomic mass is 32.1. The van der Waals surface area contributed by atoms with E-state index in [1.165, 1.54) is 16.0 Å². The molecule has 0 bridgehead atoms. The summed E-state index contributed by atoms with van der Waals surface area (Å²) in [5, 5.41) is 7.19. The number of likely N-dealkylation sites (N-methyl/N-ethyl adjacent to an activating group) is 1. The van der Waals surface area contributed by atoms with Gasteiger partial charge in [0, 0.05) is 11.3 Å². The number of hydrogen-bond donors (Lipinski definition) is 2. The second-order valence-corrected chi connectivity index (χ2v) is 6.09. The fraction of sp³-hybridized carbons (Fsp3) is 0.312. The van der Waals surface area contributed by atoms with E-state index >= 15 is 0 Å². The van der Waals surface area contributed by atoms with Gasteiger partial charge in [0.2, 0.25) is 0 Å². The molecule has 106 valence electrons. The predicted octanol–water partition coefficient (Wildman–Crippen LogP) is 2.02. The average molecular weight is 289 g/mol. The summed E-state index contributed by atoms with van der Waals surface area (Å²) < 4.78 is 0. The van der Waals surface area contributed by atoms with E-state index in [-0.39, 0.29) is 5.91 Å². The van der Waals surface area contributed by atoms with Crippen LogP contribution >= 0.6 is 11.3 Å². The zero-order valence-corrected chi connectivity index (χ0v) is 13.0. The maximum absolute atomic E-state index is 12.1. The molecule has 1 aromatic heterocycles. The van der Waals surface area contributed by atoms with Crippen molar-refractivity contribution >= 4 is 22.9 Å². The third-order valence-corrected chi connectivity index (χ3v) is 3.94. The van der Waals surface area contributed by atoms with Crippen molar-refractivity contribution in [3.63, 3.8) is 0 Å². The molecule has 1 amide bonds. The standard InChI is InChI=1S/C16H20N2OS/c1-12-4-5-15(13(2)8-12)17-16(19)10-18(3)9-14-6-7-20-11-14/h4-8,11H,9-10H2,1-3H3,(H,17,19)/p+1. The zero-order valence-electron chi connectivity index (χ0n) is 12.2. The minimum atomic E-state index is 0.0599. The SMILES string of the molecule is Cc1ccc(NC(=O)C[NH+](C)Cc2ccsc2)c(C)c1. The summed E-state index contributed by atoms with van der Waals surface area (Å²) in [6, 6.07) is 8.18. The molecule has 1 unspecified atom stereocenters. The third kappa shape index (κ3) is 4.18. The van der Waals surface area contributed by atoms with Crippen molar-refractivity contribution in [1.29, 1.82) is 0 Å². The van der Waals surface area contributed by atoms with Crippen molar-refractivity contribution in [1.82, 2.24) is 0 Å². The van der Waals surface area contributed by atoms with Crippen LogP contribution in [0.3, 0.4) is 0 Å². The second kappa shape index (κ2) is 6.68. The van der Waals surface area contributed by atoms with Gasteiger partial charge >= 0.3 is 0 Å². The molecule has 1 atom stereocenters. The lowest BCUT2D eigenvalue weighted by Crippen LogP contribution is -3.08. The molecule has 2 N–H and O–H groups in total. The van der Waals surface area contributed by atoms with Crippen LogP contribution in [0, 0.1) is 13.8 Å². The van der Waals surface area contributed by atoms with Gasteiger partial charge in [-0.15, -0.1) is 0 Å². The van der Waals surface area contributed by atoms with E-state index in [9.17, 15) is 4.79 Å². The number of rotatable bonds is 5. The summed E-state index contributed by atoms with van der Waals surface area (Å²) in [7, 11) is 2.04. The highest BCUT2D eigenvalue weighted by Crippen LogP contribution is 2.15. The molecule has 2 rings (SSSR count). The van der Waals surface area contributed by atoms with Crippen molar-refractivity contribution in [3.05, 3.63) is 51.7 Å². The first-order valence-electron chi connectivity index (χ1n) is 6.74. The molecular weight excluding hydrogens is 268 g/mol. The number of quaternary nitrogens is 1. The number of amides is 1. The van der Waals surface area contributed by atoms with Gasteiger partial charge in [0.05, 0.1) is 7.05 Å². The molecule has 0 fully saturated rings. The van der Waals surface area contributed by atoms with Gasteiger partial charge in [-0.3, -0.25) is 4.79 Å². The second-order valence-electron chi connectivity index (χ2n) is 5.31. The number of nitrogens with one attached hydrogen (secondary N) is 2. The van der Waals surface area contributed by atoms with Gasteiger partial charge in [0.15, 0.2) is 6.54 Å². The summed E-state index contributed by atoms with van der Waals surface area (Å²) in [6.07, 6.45) is 0. The van der Waals surface area contributed by atoms with Crippen molar-refractivity contribution in [3.8, 4) is 0 Å². The highest BCUT2D eigenvalue weighted by molar-refractivity contribution is 7.07. The van der Waals surface area contributed by atoms with Crippen LogP contribution in [0.2, 0.25) is 0 Å². The van der Waals surface area contributed by atoms with E-state index in [4.69, 9.17) is 0 Å². The monoisotopic (exact) mass is 289 g/mol. The van der Waals surface area contributed by atoms with Crippen LogP contribution in [0.5, 0.6) is 0 Å². The van der Waals surface area contributed by atoms with Crippen LogP contribution in [-0.4, -0.2) is 19.5 Å². The van der Waals surface area contributed by atoms with Gasteiger partial charge in [0.1, 0.15) is 6.54 Å². The molecule has 0 saturated carbocycles. The highest BCUT2D eigenvalue weighted by Gasteiger charge is 2.12. The van der Waals surface area contributed by atoms with Crippen LogP contribution in [0.25, 0.3) is 0 Å². The third-order valence-electron chi connectivity index (χ3n) is 3.20. The Bertz CT molecular complexity index is 578. The summed E-state index contributed by atoms with van der Waals surface area (Å²) in [6.45, 7) is 5.43. The Balaban J connectivity index is 1.88. The lowest BCUT2D eigenvalue weighted by molar-refractivity contribution is -0.885. The Morgan fingerprint density at radius 1 is 1.30 bits per heavy atom. The quantitative estimate of drug-likeness (QED) is 0.867. The Labute approximate surface area is 124 Å². The van der Waals surface area contributed by atoms with E-state index in [0.29, 0.717) is 6.54 Å². The summed E-state index contributed by atoms with van der Waals surface area (Å²) in [5.41, 5.74) is 4.50. The topological polar surface area (TPSA) is 33.5 Å². The number of aryl methyl sites for hydroxylation is 2. The molecule has 0 aliphatic heterocycles. The van der Waals surface area contributed by atoms with Crippen LogP contribution < -0.4 is 10.2 Å². The first-order chi connectivity index (χ1) is 9.54. The smallest absolute Gasteiger partial charge is 0.279 e. The number of anilines is 1. The molecule has 3 nitrogen and oxygen atoms in total. The Morgan fingerprint density at radius 3 is 2.75 bits per heavy atom. The summed E-state index contributed by atoms with van der Waals surface area (Å²) >= 11 is 1.69. The number of carbonyl (C=O) groups is 1. The molecule has 4 heteroatoms. The van der Waals surface area contributed by atoms with E-state index in [1.54, 1.807) is 11.3 Å². The Morgan fingerprint density at radius 2 is 2.10 bits per heavy atom. The molecule has 2 aromatic rings. The zero-order chi connectivity index (χ0) is 14.5. The molecule has 1 aromatic carbocycles. The summed E-state index contributed by atoms with van der Waals surface area (Å²) in [4.78, 5) is 13.2. The molecule has 1 heterocycles. The van der Waals surface area contributed by atoms with Gasteiger partial charge in [-0.05, 0) is 42.3 Å². The largest absolute Gasteiger partial charge is 0.326 e. The van der Waals surface area contributed by atoms with E-state index in [0.717, 1.165) is 17.8 Å². The minimum Gasteiger partial charge on any atom is -0.326 e. The van der Waals surface area contributed by atoms with E-state index < -0.39 is 0 Å². The molecular formula is C16H21N2OS+. The van der Waals surface area contributed by atoms with E-state index in [2.05, 4.69) is 35.1 Å². The molecule has 0 saturated heterocycles. The minimum absolute atomic E-state index is 0.0599. The molecule has 0 aliphatic rings. The predicted molar refractivity (Wildman–Crippen MR) is 84.3 cm³/mol. The average Bonchev–Trinajstić information content (AvgIpc) is 2.85. The van der Waals surface area contributed by atoms with E-state index in [1.807, 2.05) is 26.1 Å². The molecule has 20 heavy (non-hydrogen) atoms. The van der Waals surface area contributed by atoms with Gasteiger partial charge in [-0.1, -0.05) is 17.7 Å². The Hall–Kier alpha value is -1.65. The van der Waals surface area contributed by atoms with Gasteiger partial charge in [-0.25, -0.2) is 0 Å². The molecule has 0 aliphatic carbocycles. The Kier molecular flexibility index (Phi) is 4.93.